The summed E-state index contributed by atoms with van der Waals surface area (Å²) in [6, 6.07) is 6.51. The van der Waals surface area contributed by atoms with Crippen molar-refractivity contribution >= 4 is 21.6 Å². The summed E-state index contributed by atoms with van der Waals surface area (Å²) in [7, 11) is -4.72. The number of hydrogen-bond donors (Lipinski definition) is 0. The monoisotopic (exact) mass is 422 g/mol. The van der Waals surface area contributed by atoms with Gasteiger partial charge in [0.25, 0.3) is 5.91 Å². The molecule has 0 radical (unpaired) electrons. The fraction of sp³-hybridized carbons (Fsp3) is 0.611. The van der Waals surface area contributed by atoms with Gasteiger partial charge in [0, 0.05) is 13.7 Å². The van der Waals surface area contributed by atoms with Crippen molar-refractivity contribution in [3.8, 4) is 0 Å². The summed E-state index contributed by atoms with van der Waals surface area (Å²) in [6.07, 6.45) is 0.797. The van der Waals surface area contributed by atoms with Gasteiger partial charge in [-0.15, -0.1) is 0 Å². The van der Waals surface area contributed by atoms with E-state index in [4.69, 9.17) is 4.74 Å². The molecule has 1 saturated heterocycles. The number of sulfonamides is 1. The van der Waals surface area contributed by atoms with Gasteiger partial charge >= 0.3 is 15.5 Å². The van der Waals surface area contributed by atoms with Gasteiger partial charge in [0.1, 0.15) is 6.10 Å². The maximum absolute atomic E-state index is 13.2. The summed E-state index contributed by atoms with van der Waals surface area (Å²) in [5, 5.41) is 0. The van der Waals surface area contributed by atoms with Gasteiger partial charge in [0.15, 0.2) is 0 Å². The zero-order valence-electron chi connectivity index (χ0n) is 15.9. The van der Waals surface area contributed by atoms with E-state index in [2.05, 4.69) is 11.8 Å². The zero-order valence-corrected chi connectivity index (χ0v) is 16.7. The summed E-state index contributed by atoms with van der Waals surface area (Å²) in [4.78, 5) is 14.9. The number of para-hydroxylation sites is 1. The van der Waals surface area contributed by atoms with Crippen molar-refractivity contribution in [2.75, 3.05) is 31.0 Å². The highest BCUT2D eigenvalue weighted by molar-refractivity contribution is 7.94. The van der Waals surface area contributed by atoms with Crippen molar-refractivity contribution in [1.29, 1.82) is 0 Å². The van der Waals surface area contributed by atoms with Crippen LogP contribution < -0.4 is 4.31 Å². The SMILES string of the molecule is COC(CCN1CCC(C)CC1)C(=O)N(c1ccccc1)S(=O)(=O)C(F)(F)F. The number of hydrogen-bond acceptors (Lipinski definition) is 5. The van der Waals surface area contributed by atoms with Crippen molar-refractivity contribution in [3.63, 3.8) is 0 Å². The minimum Gasteiger partial charge on any atom is -0.372 e. The summed E-state index contributed by atoms with van der Waals surface area (Å²) >= 11 is 0. The van der Waals surface area contributed by atoms with E-state index in [0.717, 1.165) is 38.1 Å². The van der Waals surface area contributed by atoms with E-state index >= 15 is 0 Å². The third-order valence-corrected chi connectivity index (χ3v) is 6.32. The van der Waals surface area contributed by atoms with Crippen LogP contribution in [0.4, 0.5) is 18.9 Å². The van der Waals surface area contributed by atoms with Crippen molar-refractivity contribution in [2.45, 2.75) is 37.8 Å². The minimum atomic E-state index is -5.91. The molecule has 158 valence electrons. The number of halogens is 3. The van der Waals surface area contributed by atoms with Crippen LogP contribution in [0.1, 0.15) is 26.2 Å². The summed E-state index contributed by atoms with van der Waals surface area (Å²) < 4.78 is 68.6. The smallest absolute Gasteiger partial charge is 0.372 e. The van der Waals surface area contributed by atoms with Crippen molar-refractivity contribution < 1.29 is 31.1 Å². The van der Waals surface area contributed by atoms with Crippen LogP contribution in [0.3, 0.4) is 0 Å². The van der Waals surface area contributed by atoms with E-state index in [-0.39, 0.29) is 16.4 Å². The van der Waals surface area contributed by atoms with Crippen LogP contribution in [0.25, 0.3) is 0 Å². The van der Waals surface area contributed by atoms with E-state index in [1.807, 2.05) is 0 Å². The van der Waals surface area contributed by atoms with Gasteiger partial charge < -0.3 is 9.64 Å². The number of amides is 1. The number of rotatable bonds is 7. The molecule has 0 aromatic heterocycles. The number of carbonyl (C=O) groups excluding carboxylic acids is 1. The molecule has 1 heterocycles. The molecule has 10 heteroatoms. The van der Waals surface area contributed by atoms with Crippen molar-refractivity contribution in [2.24, 2.45) is 5.92 Å². The van der Waals surface area contributed by atoms with Crippen LogP contribution in [0, 0.1) is 5.92 Å². The van der Waals surface area contributed by atoms with Gasteiger partial charge in [-0.3, -0.25) is 4.79 Å². The van der Waals surface area contributed by atoms with E-state index in [9.17, 15) is 26.4 Å². The standard InChI is InChI=1S/C18H25F3N2O4S/c1-14-8-11-22(12-9-14)13-10-16(27-2)17(24)23(15-6-4-3-5-7-15)28(25,26)18(19,20)21/h3-7,14,16H,8-13H2,1-2H3. The minimum absolute atomic E-state index is 0.0976. The molecule has 1 aliphatic heterocycles. The molecule has 0 bridgehead atoms. The number of anilines is 1. The number of likely N-dealkylation sites (tertiary alicyclic amines) is 1. The van der Waals surface area contributed by atoms with Crippen LogP contribution in [0.2, 0.25) is 0 Å². The van der Waals surface area contributed by atoms with Crippen LogP contribution in [0.5, 0.6) is 0 Å². The summed E-state index contributed by atoms with van der Waals surface area (Å²) in [6.45, 7) is 4.24. The number of carbonyl (C=O) groups is 1. The number of nitrogens with zero attached hydrogens (tertiary/aromatic N) is 2. The highest BCUT2D eigenvalue weighted by Gasteiger charge is 2.53. The fourth-order valence-corrected chi connectivity index (χ4v) is 4.07. The lowest BCUT2D eigenvalue weighted by molar-refractivity contribution is -0.128. The molecule has 2 rings (SSSR count). The molecule has 1 aromatic carbocycles. The number of piperidine rings is 1. The van der Waals surface area contributed by atoms with Crippen molar-refractivity contribution in [1.82, 2.24) is 4.90 Å². The van der Waals surface area contributed by atoms with E-state index < -0.39 is 27.5 Å². The Morgan fingerprint density at radius 2 is 1.82 bits per heavy atom. The van der Waals surface area contributed by atoms with Gasteiger partial charge in [0.05, 0.1) is 5.69 Å². The lowest BCUT2D eigenvalue weighted by Crippen LogP contribution is -2.50. The Bertz CT molecular complexity index is 748. The molecule has 1 aliphatic rings. The predicted octanol–water partition coefficient (Wildman–Crippen LogP) is 3.01. The highest BCUT2D eigenvalue weighted by atomic mass is 32.2. The Morgan fingerprint density at radius 1 is 1.25 bits per heavy atom. The molecule has 28 heavy (non-hydrogen) atoms. The van der Waals surface area contributed by atoms with Gasteiger partial charge in [-0.2, -0.15) is 25.9 Å². The Morgan fingerprint density at radius 3 is 2.32 bits per heavy atom. The topological polar surface area (TPSA) is 66.9 Å². The number of methoxy groups -OCH3 is 1. The average Bonchev–Trinajstić information content (AvgIpc) is 2.63. The third-order valence-electron chi connectivity index (χ3n) is 4.87. The number of ether oxygens (including phenoxy) is 1. The van der Waals surface area contributed by atoms with Gasteiger partial charge in [-0.05, 0) is 50.4 Å². The molecule has 1 fully saturated rings. The molecule has 6 nitrogen and oxygen atoms in total. The second-order valence-corrected chi connectivity index (χ2v) is 8.70. The molecule has 1 amide bonds. The molecular formula is C18H25F3N2O4S. The molecule has 0 saturated carbocycles. The first-order valence-electron chi connectivity index (χ1n) is 9.03. The number of alkyl halides is 3. The molecule has 1 atom stereocenters. The Labute approximate surface area is 163 Å². The van der Waals surface area contributed by atoms with Gasteiger partial charge in [-0.25, -0.2) is 0 Å². The van der Waals surface area contributed by atoms with E-state index in [1.54, 1.807) is 0 Å². The van der Waals surface area contributed by atoms with Crippen molar-refractivity contribution in [3.05, 3.63) is 30.3 Å². The first-order chi connectivity index (χ1) is 13.1. The molecule has 0 aliphatic carbocycles. The first kappa shape index (κ1) is 22.6. The third kappa shape index (κ3) is 5.24. The summed E-state index contributed by atoms with van der Waals surface area (Å²) in [5.74, 6) is -0.641. The second kappa shape index (κ2) is 9.23. The molecule has 0 N–H and O–H groups in total. The highest BCUT2D eigenvalue weighted by Crippen LogP contribution is 2.32. The Hall–Kier alpha value is -1.65. The fourth-order valence-electron chi connectivity index (χ4n) is 3.11. The van der Waals surface area contributed by atoms with E-state index in [1.165, 1.54) is 25.3 Å². The maximum atomic E-state index is 13.2. The lowest BCUT2D eigenvalue weighted by Gasteiger charge is -2.32. The maximum Gasteiger partial charge on any atom is 0.517 e. The van der Waals surface area contributed by atoms with Gasteiger partial charge in [0.2, 0.25) is 0 Å². The quantitative estimate of drug-likeness (QED) is 0.676. The van der Waals surface area contributed by atoms with Gasteiger partial charge in [-0.1, -0.05) is 25.1 Å². The van der Waals surface area contributed by atoms with Crippen LogP contribution in [-0.2, 0) is 19.6 Å². The second-order valence-electron chi connectivity index (χ2n) is 6.93. The molecule has 0 spiro atoms. The zero-order chi connectivity index (χ0) is 20.9. The normalized spacial score (nSPS) is 18.0. The largest absolute Gasteiger partial charge is 0.517 e. The van der Waals surface area contributed by atoms with Crippen LogP contribution in [-0.4, -0.2) is 57.6 Å². The molecular weight excluding hydrogens is 397 g/mol. The number of benzene rings is 1. The van der Waals surface area contributed by atoms with E-state index in [0.29, 0.717) is 12.5 Å². The van der Waals surface area contributed by atoms with Crippen LogP contribution in [0.15, 0.2) is 30.3 Å². The van der Waals surface area contributed by atoms with Crippen LogP contribution >= 0.6 is 0 Å². The lowest BCUT2D eigenvalue weighted by atomic mass is 9.99. The molecule has 1 unspecified atom stereocenters. The average molecular weight is 422 g/mol. The Kier molecular flexibility index (Phi) is 7.46. The predicted molar refractivity (Wildman–Crippen MR) is 99.2 cm³/mol. The first-order valence-corrected chi connectivity index (χ1v) is 10.5. The summed E-state index contributed by atoms with van der Waals surface area (Å²) in [5.41, 5.74) is -5.99. The molecule has 1 aromatic rings. The Balaban J connectivity index is 2.22.